The van der Waals surface area contributed by atoms with Crippen LogP contribution in [0.2, 0.25) is 0 Å². The van der Waals surface area contributed by atoms with Crippen molar-refractivity contribution in [1.82, 2.24) is 0 Å². The molecule has 1 atom stereocenters. The fraction of sp³-hybridized carbons (Fsp3) is 0.154. The molecular weight excluding hydrogens is 268 g/mol. The second-order valence-electron chi connectivity index (χ2n) is 3.94. The zero-order valence-corrected chi connectivity index (χ0v) is 10.9. The van der Waals surface area contributed by atoms with Crippen LogP contribution in [0.4, 0.5) is 0 Å². The third-order valence-corrected chi connectivity index (χ3v) is 4.00. The topological polar surface area (TPSA) is 41.8 Å². The molecule has 2 aliphatic rings. The maximum Gasteiger partial charge on any atom is 0.261 e. The second-order valence-corrected chi connectivity index (χ2v) is 5.10. The SMILES string of the molecule is O=C1N=C(CCl)N=C2SC=C(c3ccccc3)C12. The quantitative estimate of drug-likeness (QED) is 0.779. The highest BCUT2D eigenvalue weighted by atomic mass is 35.5. The Kier molecular flexibility index (Phi) is 3.06. The molecule has 1 aromatic rings. The van der Waals surface area contributed by atoms with E-state index in [1.54, 1.807) is 0 Å². The molecule has 90 valence electrons. The zero-order valence-electron chi connectivity index (χ0n) is 9.34. The molecule has 0 fully saturated rings. The Labute approximate surface area is 114 Å². The first-order chi connectivity index (χ1) is 8.79. The Hall–Kier alpha value is -1.39. The van der Waals surface area contributed by atoms with E-state index in [2.05, 4.69) is 9.98 Å². The highest BCUT2D eigenvalue weighted by Crippen LogP contribution is 2.40. The molecule has 18 heavy (non-hydrogen) atoms. The summed E-state index contributed by atoms with van der Waals surface area (Å²) in [7, 11) is 0. The number of amidine groups is 1. The molecule has 0 saturated heterocycles. The van der Waals surface area contributed by atoms with E-state index in [1.165, 1.54) is 11.8 Å². The number of nitrogens with zero attached hydrogens (tertiary/aromatic N) is 2. The van der Waals surface area contributed by atoms with Crippen molar-refractivity contribution in [2.45, 2.75) is 0 Å². The number of carbonyl (C=O) groups excluding carboxylic acids is 1. The predicted octanol–water partition coefficient (Wildman–Crippen LogP) is 2.97. The number of thioether (sulfide) groups is 1. The fourth-order valence-electron chi connectivity index (χ4n) is 1.99. The molecule has 0 radical (unpaired) electrons. The van der Waals surface area contributed by atoms with E-state index in [0.29, 0.717) is 5.84 Å². The summed E-state index contributed by atoms with van der Waals surface area (Å²) >= 11 is 7.15. The first kappa shape index (κ1) is 11.7. The minimum Gasteiger partial charge on any atom is -0.271 e. The summed E-state index contributed by atoms with van der Waals surface area (Å²) in [6.45, 7) is 0. The Bertz CT molecular complexity index is 592. The summed E-state index contributed by atoms with van der Waals surface area (Å²) in [4.78, 5) is 20.3. The molecule has 2 heterocycles. The normalized spacial score (nSPS) is 22.2. The monoisotopic (exact) mass is 276 g/mol. The van der Waals surface area contributed by atoms with Gasteiger partial charge >= 0.3 is 0 Å². The van der Waals surface area contributed by atoms with Gasteiger partial charge < -0.3 is 0 Å². The average molecular weight is 277 g/mol. The molecule has 1 aromatic carbocycles. The number of rotatable bonds is 2. The smallest absolute Gasteiger partial charge is 0.261 e. The fourth-order valence-corrected chi connectivity index (χ4v) is 3.15. The number of amides is 1. The van der Waals surface area contributed by atoms with Gasteiger partial charge in [0.2, 0.25) is 0 Å². The third-order valence-electron chi connectivity index (χ3n) is 2.82. The van der Waals surface area contributed by atoms with Crippen LogP contribution in [-0.2, 0) is 4.79 Å². The summed E-state index contributed by atoms with van der Waals surface area (Å²) < 4.78 is 0. The standard InChI is InChI=1S/C13H9ClN2OS/c14-6-10-15-12(17)11-9(7-18-13(11)16-10)8-4-2-1-3-5-8/h1-5,7,11H,6H2. The first-order valence-electron chi connectivity index (χ1n) is 5.47. The number of halogens is 1. The molecule has 1 amide bonds. The highest BCUT2D eigenvalue weighted by molar-refractivity contribution is 8.17. The average Bonchev–Trinajstić information content (AvgIpc) is 2.84. The summed E-state index contributed by atoms with van der Waals surface area (Å²) in [5.74, 6) is 0.0617. The Morgan fingerprint density at radius 2 is 2.00 bits per heavy atom. The van der Waals surface area contributed by atoms with Crippen LogP contribution in [0, 0.1) is 5.92 Å². The van der Waals surface area contributed by atoms with E-state index in [4.69, 9.17) is 11.6 Å². The van der Waals surface area contributed by atoms with Crippen molar-refractivity contribution in [1.29, 1.82) is 0 Å². The molecule has 3 rings (SSSR count). The van der Waals surface area contributed by atoms with Crippen molar-refractivity contribution in [3.63, 3.8) is 0 Å². The van der Waals surface area contributed by atoms with Gasteiger partial charge in [-0.25, -0.2) is 4.99 Å². The Balaban J connectivity index is 1.98. The molecule has 2 aliphatic heterocycles. The van der Waals surface area contributed by atoms with Gasteiger partial charge in [0.1, 0.15) is 11.8 Å². The lowest BCUT2D eigenvalue weighted by Gasteiger charge is -2.16. The molecule has 0 N–H and O–H groups in total. The first-order valence-corrected chi connectivity index (χ1v) is 6.89. The van der Waals surface area contributed by atoms with E-state index >= 15 is 0 Å². The number of fused-ring (bicyclic) bond motifs is 1. The van der Waals surface area contributed by atoms with E-state index in [1.807, 2.05) is 35.7 Å². The van der Waals surface area contributed by atoms with Crippen molar-refractivity contribution in [2.75, 3.05) is 5.88 Å². The maximum absolute atomic E-state index is 12.0. The number of alkyl halides is 1. The van der Waals surface area contributed by atoms with Crippen LogP contribution in [-0.4, -0.2) is 22.7 Å². The van der Waals surface area contributed by atoms with E-state index in [-0.39, 0.29) is 17.7 Å². The van der Waals surface area contributed by atoms with Crippen LogP contribution in [0.25, 0.3) is 5.57 Å². The van der Waals surface area contributed by atoms with Crippen LogP contribution >= 0.6 is 23.4 Å². The number of hydrogen-bond acceptors (Lipinski definition) is 3. The van der Waals surface area contributed by atoms with Crippen LogP contribution in [0.5, 0.6) is 0 Å². The van der Waals surface area contributed by atoms with Crippen molar-refractivity contribution in [3.05, 3.63) is 41.3 Å². The lowest BCUT2D eigenvalue weighted by atomic mass is 9.93. The molecule has 0 saturated carbocycles. The molecular formula is C13H9ClN2OS. The van der Waals surface area contributed by atoms with Crippen molar-refractivity contribution in [2.24, 2.45) is 15.9 Å². The van der Waals surface area contributed by atoms with Crippen molar-refractivity contribution < 1.29 is 4.79 Å². The van der Waals surface area contributed by atoms with Gasteiger partial charge in [0.05, 0.1) is 10.9 Å². The van der Waals surface area contributed by atoms with Gasteiger partial charge in [-0.15, -0.1) is 11.6 Å². The number of carbonyl (C=O) groups is 1. The van der Waals surface area contributed by atoms with Gasteiger partial charge in [-0.05, 0) is 16.5 Å². The lowest BCUT2D eigenvalue weighted by Crippen LogP contribution is -2.25. The predicted molar refractivity (Wildman–Crippen MR) is 76.1 cm³/mol. The van der Waals surface area contributed by atoms with Crippen LogP contribution < -0.4 is 0 Å². The summed E-state index contributed by atoms with van der Waals surface area (Å²) in [6.07, 6.45) is 0. The van der Waals surface area contributed by atoms with Gasteiger partial charge in [-0.2, -0.15) is 4.99 Å². The van der Waals surface area contributed by atoms with Gasteiger partial charge in [0, 0.05) is 0 Å². The molecule has 0 aliphatic carbocycles. The van der Waals surface area contributed by atoms with E-state index in [0.717, 1.165) is 16.2 Å². The second kappa shape index (κ2) is 4.71. The molecule has 3 nitrogen and oxygen atoms in total. The molecule has 0 bridgehead atoms. The molecule has 1 unspecified atom stereocenters. The van der Waals surface area contributed by atoms with Gasteiger partial charge in [-0.1, -0.05) is 42.1 Å². The van der Waals surface area contributed by atoms with Gasteiger partial charge in [-0.3, -0.25) is 4.79 Å². The van der Waals surface area contributed by atoms with Gasteiger partial charge in [0.15, 0.2) is 0 Å². The lowest BCUT2D eigenvalue weighted by molar-refractivity contribution is -0.118. The molecule has 5 heteroatoms. The Morgan fingerprint density at radius 1 is 1.22 bits per heavy atom. The minimum absolute atomic E-state index is 0.170. The summed E-state index contributed by atoms with van der Waals surface area (Å²) in [6, 6.07) is 9.84. The summed E-state index contributed by atoms with van der Waals surface area (Å²) in [5, 5.41) is 2.76. The van der Waals surface area contributed by atoms with E-state index < -0.39 is 0 Å². The Morgan fingerprint density at radius 3 is 2.72 bits per heavy atom. The molecule has 0 spiro atoms. The molecule has 0 aromatic heterocycles. The minimum atomic E-state index is -0.343. The largest absolute Gasteiger partial charge is 0.271 e. The van der Waals surface area contributed by atoms with Gasteiger partial charge in [0.25, 0.3) is 5.91 Å². The van der Waals surface area contributed by atoms with Crippen LogP contribution in [0.15, 0.2) is 45.7 Å². The zero-order chi connectivity index (χ0) is 12.5. The summed E-state index contributed by atoms with van der Waals surface area (Å²) in [5.41, 5.74) is 2.01. The number of benzene rings is 1. The maximum atomic E-state index is 12.0. The number of hydrogen-bond donors (Lipinski definition) is 0. The van der Waals surface area contributed by atoms with Crippen molar-refractivity contribution in [3.8, 4) is 0 Å². The number of aliphatic imine (C=N–C) groups is 2. The van der Waals surface area contributed by atoms with Crippen LogP contribution in [0.1, 0.15) is 5.56 Å². The highest BCUT2D eigenvalue weighted by Gasteiger charge is 2.36. The van der Waals surface area contributed by atoms with Crippen molar-refractivity contribution >= 4 is 45.7 Å². The van der Waals surface area contributed by atoms with E-state index in [9.17, 15) is 4.79 Å². The third kappa shape index (κ3) is 1.91. The van der Waals surface area contributed by atoms with Crippen LogP contribution in [0.3, 0.4) is 0 Å².